The van der Waals surface area contributed by atoms with Crippen molar-refractivity contribution in [3.63, 3.8) is 0 Å². The summed E-state index contributed by atoms with van der Waals surface area (Å²) in [6, 6.07) is 14.3. The minimum Gasteiger partial charge on any atom is -0.339 e. The Kier molecular flexibility index (Phi) is 6.94. The van der Waals surface area contributed by atoms with Gasteiger partial charge in [-0.2, -0.15) is 4.31 Å². The Hall–Kier alpha value is -1.25. The molecular formula is C19H20Cl2N2O3S2. The smallest absolute Gasteiger partial charge is 0.244 e. The van der Waals surface area contributed by atoms with Crippen molar-refractivity contribution in [1.82, 2.24) is 9.21 Å². The standard InChI is InChI=1S/C19H20Cl2N2O3S2/c1-14(27-15-6-3-2-4-7-15)19(24)22-10-12-23(13-11-22)28(25,26)17-9-5-8-16(20)18(17)21/h2-9,14H,10-13H2,1H3. The largest absolute Gasteiger partial charge is 0.339 e. The summed E-state index contributed by atoms with van der Waals surface area (Å²) >= 11 is 13.5. The molecule has 1 saturated heterocycles. The second kappa shape index (κ2) is 9.05. The number of rotatable bonds is 5. The summed E-state index contributed by atoms with van der Waals surface area (Å²) in [6.45, 7) is 3.00. The topological polar surface area (TPSA) is 57.7 Å². The molecular weight excluding hydrogens is 439 g/mol. The molecule has 0 aromatic heterocycles. The molecule has 0 spiro atoms. The van der Waals surface area contributed by atoms with Gasteiger partial charge in [-0.25, -0.2) is 8.42 Å². The summed E-state index contributed by atoms with van der Waals surface area (Å²) in [4.78, 5) is 15.5. The van der Waals surface area contributed by atoms with E-state index in [0.717, 1.165) is 4.90 Å². The van der Waals surface area contributed by atoms with E-state index in [9.17, 15) is 13.2 Å². The van der Waals surface area contributed by atoms with E-state index in [1.807, 2.05) is 37.3 Å². The zero-order chi connectivity index (χ0) is 20.3. The summed E-state index contributed by atoms with van der Waals surface area (Å²) in [5.41, 5.74) is 0. The van der Waals surface area contributed by atoms with Gasteiger partial charge in [0, 0.05) is 31.1 Å². The molecule has 1 aliphatic rings. The molecule has 3 rings (SSSR count). The summed E-state index contributed by atoms with van der Waals surface area (Å²) in [5, 5.41) is -0.0215. The molecule has 1 fully saturated rings. The van der Waals surface area contributed by atoms with Gasteiger partial charge in [0.2, 0.25) is 15.9 Å². The normalized spacial score (nSPS) is 16.8. The van der Waals surface area contributed by atoms with Crippen LogP contribution in [0.2, 0.25) is 10.0 Å². The monoisotopic (exact) mass is 458 g/mol. The van der Waals surface area contributed by atoms with Crippen molar-refractivity contribution < 1.29 is 13.2 Å². The van der Waals surface area contributed by atoms with Crippen LogP contribution >= 0.6 is 35.0 Å². The molecule has 5 nitrogen and oxygen atoms in total. The first kappa shape index (κ1) is 21.5. The van der Waals surface area contributed by atoms with Crippen LogP contribution in [0.4, 0.5) is 0 Å². The number of hydrogen-bond donors (Lipinski definition) is 0. The van der Waals surface area contributed by atoms with Gasteiger partial charge < -0.3 is 4.90 Å². The van der Waals surface area contributed by atoms with Crippen LogP contribution in [0.1, 0.15) is 6.92 Å². The van der Waals surface area contributed by atoms with Crippen LogP contribution in [0, 0.1) is 0 Å². The molecule has 1 heterocycles. The molecule has 0 aliphatic carbocycles. The van der Waals surface area contributed by atoms with Crippen LogP contribution in [0.15, 0.2) is 58.3 Å². The predicted octanol–water partition coefficient (Wildman–Crippen LogP) is 4.01. The fraction of sp³-hybridized carbons (Fsp3) is 0.316. The molecule has 0 radical (unpaired) electrons. The average Bonchev–Trinajstić information content (AvgIpc) is 2.70. The molecule has 28 heavy (non-hydrogen) atoms. The van der Waals surface area contributed by atoms with Crippen molar-refractivity contribution in [2.24, 2.45) is 0 Å². The molecule has 1 unspecified atom stereocenters. The average molecular weight is 459 g/mol. The summed E-state index contributed by atoms with van der Waals surface area (Å²) in [5.74, 6) is 0.00619. The maximum atomic E-state index is 12.9. The van der Waals surface area contributed by atoms with Gasteiger partial charge in [-0.3, -0.25) is 4.79 Å². The minimum absolute atomic E-state index is 0.00514. The lowest BCUT2D eigenvalue weighted by molar-refractivity contribution is -0.131. The quantitative estimate of drug-likeness (QED) is 0.635. The third kappa shape index (κ3) is 4.66. The van der Waals surface area contributed by atoms with Crippen LogP contribution in [0.25, 0.3) is 0 Å². The highest BCUT2D eigenvalue weighted by Gasteiger charge is 2.33. The van der Waals surface area contributed by atoms with E-state index in [1.54, 1.807) is 17.0 Å². The van der Waals surface area contributed by atoms with Gasteiger partial charge in [-0.15, -0.1) is 11.8 Å². The maximum absolute atomic E-state index is 12.9. The van der Waals surface area contributed by atoms with Crippen molar-refractivity contribution in [3.05, 3.63) is 58.6 Å². The molecule has 0 bridgehead atoms. The van der Waals surface area contributed by atoms with Crippen LogP contribution in [-0.4, -0.2) is 55.0 Å². The number of hydrogen-bond acceptors (Lipinski definition) is 4. The number of sulfonamides is 1. The van der Waals surface area contributed by atoms with Crippen molar-refractivity contribution >= 4 is 50.9 Å². The SMILES string of the molecule is CC(Sc1ccccc1)C(=O)N1CCN(S(=O)(=O)c2cccc(Cl)c2Cl)CC1. The summed E-state index contributed by atoms with van der Waals surface area (Å²) in [7, 11) is -3.76. The lowest BCUT2D eigenvalue weighted by Crippen LogP contribution is -2.52. The van der Waals surface area contributed by atoms with Gasteiger partial charge in [0.15, 0.2) is 0 Å². The Morgan fingerprint density at radius 1 is 1.00 bits per heavy atom. The van der Waals surface area contributed by atoms with Crippen molar-refractivity contribution in [2.45, 2.75) is 22.0 Å². The first-order valence-electron chi connectivity index (χ1n) is 8.75. The second-order valence-corrected chi connectivity index (χ2v) is 10.5. The van der Waals surface area contributed by atoms with Crippen LogP contribution in [0.5, 0.6) is 0 Å². The number of piperazine rings is 1. The zero-order valence-corrected chi connectivity index (χ0v) is 18.4. The second-order valence-electron chi connectivity index (χ2n) is 6.35. The number of carbonyl (C=O) groups excluding carboxylic acids is 1. The van der Waals surface area contributed by atoms with E-state index in [-0.39, 0.29) is 39.2 Å². The van der Waals surface area contributed by atoms with E-state index >= 15 is 0 Å². The van der Waals surface area contributed by atoms with E-state index in [1.165, 1.54) is 22.1 Å². The Morgan fingerprint density at radius 3 is 2.29 bits per heavy atom. The molecule has 9 heteroatoms. The minimum atomic E-state index is -3.76. The first-order chi connectivity index (χ1) is 13.3. The molecule has 1 amide bonds. The highest BCUT2D eigenvalue weighted by atomic mass is 35.5. The lowest BCUT2D eigenvalue weighted by Gasteiger charge is -2.35. The van der Waals surface area contributed by atoms with E-state index < -0.39 is 10.0 Å². The van der Waals surface area contributed by atoms with Gasteiger partial charge in [-0.05, 0) is 31.2 Å². The van der Waals surface area contributed by atoms with E-state index in [2.05, 4.69) is 0 Å². The van der Waals surface area contributed by atoms with E-state index in [4.69, 9.17) is 23.2 Å². The Balaban J connectivity index is 1.63. The Bertz CT molecular complexity index is 947. The van der Waals surface area contributed by atoms with Gasteiger partial charge in [0.05, 0.1) is 15.3 Å². The summed E-state index contributed by atoms with van der Waals surface area (Å²) in [6.07, 6.45) is 0. The van der Waals surface area contributed by atoms with Crippen molar-refractivity contribution in [2.75, 3.05) is 26.2 Å². The van der Waals surface area contributed by atoms with Crippen LogP contribution < -0.4 is 0 Å². The van der Waals surface area contributed by atoms with E-state index in [0.29, 0.717) is 13.1 Å². The summed E-state index contributed by atoms with van der Waals surface area (Å²) < 4.78 is 27.1. The Morgan fingerprint density at radius 2 is 1.64 bits per heavy atom. The molecule has 2 aromatic rings. The van der Waals surface area contributed by atoms with Gasteiger partial charge in [0.1, 0.15) is 4.90 Å². The Labute approximate surface area is 179 Å². The third-order valence-electron chi connectivity index (χ3n) is 4.49. The fourth-order valence-corrected chi connectivity index (χ4v) is 6.11. The zero-order valence-electron chi connectivity index (χ0n) is 15.2. The van der Waals surface area contributed by atoms with Crippen LogP contribution in [0.3, 0.4) is 0 Å². The van der Waals surface area contributed by atoms with Gasteiger partial charge in [0.25, 0.3) is 0 Å². The lowest BCUT2D eigenvalue weighted by atomic mass is 10.3. The highest BCUT2D eigenvalue weighted by molar-refractivity contribution is 8.00. The molecule has 2 aromatic carbocycles. The predicted molar refractivity (Wildman–Crippen MR) is 114 cm³/mol. The first-order valence-corrected chi connectivity index (χ1v) is 11.8. The van der Waals surface area contributed by atoms with Crippen molar-refractivity contribution in [1.29, 1.82) is 0 Å². The number of thioether (sulfide) groups is 1. The fourth-order valence-electron chi connectivity index (χ4n) is 2.98. The number of halogens is 2. The molecule has 0 N–H and O–H groups in total. The van der Waals surface area contributed by atoms with Gasteiger partial charge in [-0.1, -0.05) is 47.5 Å². The molecule has 1 atom stereocenters. The van der Waals surface area contributed by atoms with Crippen LogP contribution in [-0.2, 0) is 14.8 Å². The highest BCUT2D eigenvalue weighted by Crippen LogP contribution is 2.31. The number of amides is 1. The van der Waals surface area contributed by atoms with Gasteiger partial charge >= 0.3 is 0 Å². The van der Waals surface area contributed by atoms with Crippen molar-refractivity contribution in [3.8, 4) is 0 Å². The number of carbonyl (C=O) groups is 1. The molecule has 0 saturated carbocycles. The third-order valence-corrected chi connectivity index (χ3v) is 8.46. The molecule has 150 valence electrons. The number of nitrogens with zero attached hydrogens (tertiary/aromatic N) is 2. The molecule has 1 aliphatic heterocycles. The number of benzene rings is 2. The maximum Gasteiger partial charge on any atom is 0.244 e.